The summed E-state index contributed by atoms with van der Waals surface area (Å²) in [5.41, 5.74) is 13.5. The molecule has 6 atom stereocenters. The second kappa shape index (κ2) is 28.1. The fourth-order valence-electron chi connectivity index (χ4n) is 8.12. The van der Waals surface area contributed by atoms with Crippen molar-refractivity contribution in [1.82, 2.24) is 57.5 Å². The molecule has 0 aliphatic carbocycles. The number of rotatable bonds is 16. The van der Waals surface area contributed by atoms with Crippen molar-refractivity contribution in [1.29, 1.82) is 0 Å². The number of nitrogens with two attached hydrogens (primary N) is 2. The molecule has 5 rings (SSSR count). The first kappa shape index (κ1) is 55.1. The Kier molecular flexibility index (Phi) is 21.5. The average Bonchev–Trinajstić information content (AvgIpc) is 4.03. The molecule has 72 heavy (non-hydrogen) atoms. The van der Waals surface area contributed by atoms with Crippen molar-refractivity contribution in [2.75, 3.05) is 19.6 Å². The summed E-state index contributed by atoms with van der Waals surface area (Å²) in [7, 11) is 0. The third-order valence-corrected chi connectivity index (χ3v) is 12.0. The summed E-state index contributed by atoms with van der Waals surface area (Å²) in [5, 5.41) is 22.8. The van der Waals surface area contributed by atoms with Gasteiger partial charge < -0.3 is 64.0 Å². The zero-order chi connectivity index (χ0) is 52.0. The molecule has 0 saturated carbocycles. The molecular weight excluding hydrogens is 932 g/mol. The van der Waals surface area contributed by atoms with Crippen molar-refractivity contribution in [3.05, 3.63) is 89.9 Å². The molecule has 3 heterocycles. The van der Waals surface area contributed by atoms with Gasteiger partial charge in [-0.15, -0.1) is 0 Å². The molecule has 0 bridgehead atoms. The van der Waals surface area contributed by atoms with Crippen LogP contribution in [0, 0.1) is 5.82 Å². The van der Waals surface area contributed by atoms with Gasteiger partial charge in [-0.2, -0.15) is 0 Å². The van der Waals surface area contributed by atoms with E-state index in [0.29, 0.717) is 36.9 Å². The molecule has 2 aromatic heterocycles. The molecule has 1 fully saturated rings. The van der Waals surface area contributed by atoms with E-state index in [4.69, 9.17) is 11.5 Å². The van der Waals surface area contributed by atoms with Crippen LogP contribution >= 0.6 is 0 Å². The number of fused-ring (bicyclic) bond motifs is 1. The van der Waals surface area contributed by atoms with Crippen molar-refractivity contribution in [2.45, 2.75) is 127 Å². The topological polar surface area (TPSA) is 342 Å². The van der Waals surface area contributed by atoms with Crippen LogP contribution < -0.4 is 54.0 Å². The lowest BCUT2D eigenvalue weighted by molar-refractivity contribution is -0.135. The minimum absolute atomic E-state index is 0.0223. The van der Waals surface area contributed by atoms with Crippen LogP contribution in [0.25, 0.3) is 10.9 Å². The number of carbonyl (C=O) groups excluding carboxylic acids is 8. The highest BCUT2D eigenvalue weighted by Gasteiger charge is 2.34. The quantitative estimate of drug-likeness (QED) is 0.0404. The van der Waals surface area contributed by atoms with Crippen LogP contribution in [-0.4, -0.2) is 124 Å². The first-order valence-electron chi connectivity index (χ1n) is 24.3. The molecule has 1 saturated heterocycles. The zero-order valence-corrected chi connectivity index (χ0v) is 40.6. The molecule has 2 aromatic carbocycles. The fraction of sp³-hybridized carbons (Fsp3) is 0.469. The average molecular weight is 999 g/mol. The van der Waals surface area contributed by atoms with Gasteiger partial charge in [0.1, 0.15) is 42.1 Å². The number of halogens is 1. The van der Waals surface area contributed by atoms with Crippen LogP contribution in [0.3, 0.4) is 0 Å². The third-order valence-electron chi connectivity index (χ3n) is 12.0. The number of H-pyrrole nitrogens is 2. The maximum Gasteiger partial charge on any atom is 0.243 e. The number of para-hydroxylation sites is 1. The Bertz CT molecular complexity index is 2490. The first-order chi connectivity index (χ1) is 34.6. The molecule has 22 nitrogen and oxygen atoms in total. The lowest BCUT2D eigenvalue weighted by Crippen LogP contribution is -2.60. The first-order valence-corrected chi connectivity index (χ1v) is 24.3. The number of aromatic amines is 2. The Hall–Kier alpha value is -7.85. The second-order valence-electron chi connectivity index (χ2n) is 17.7. The Morgan fingerprint density at radius 1 is 0.792 bits per heavy atom. The summed E-state index contributed by atoms with van der Waals surface area (Å²) >= 11 is 0. The number of amides is 8. The number of imidazole rings is 1. The smallest absolute Gasteiger partial charge is 0.243 e. The number of aliphatic imine (C=N–C) groups is 1. The number of aromatic nitrogens is 3. The summed E-state index contributed by atoms with van der Waals surface area (Å²) < 4.78 is 14.1. The number of carbonyl (C=O) groups is 8. The number of benzene rings is 2. The van der Waals surface area contributed by atoms with Gasteiger partial charge in [-0.3, -0.25) is 43.3 Å². The summed E-state index contributed by atoms with van der Waals surface area (Å²) in [6, 6.07) is 4.95. The Balaban J connectivity index is 1.52. The predicted molar refractivity (Wildman–Crippen MR) is 266 cm³/mol. The van der Waals surface area contributed by atoms with Crippen LogP contribution in [0.1, 0.15) is 88.5 Å². The molecule has 14 N–H and O–H groups in total. The van der Waals surface area contributed by atoms with Gasteiger partial charge in [-0.1, -0.05) is 50.1 Å². The van der Waals surface area contributed by atoms with Gasteiger partial charge in [0.15, 0.2) is 5.96 Å². The van der Waals surface area contributed by atoms with Gasteiger partial charge in [0.25, 0.3) is 0 Å². The second-order valence-corrected chi connectivity index (χ2v) is 17.7. The highest BCUT2D eigenvalue weighted by Crippen LogP contribution is 2.20. The van der Waals surface area contributed by atoms with E-state index in [9.17, 15) is 42.7 Å². The van der Waals surface area contributed by atoms with Crippen LogP contribution in [0.4, 0.5) is 4.39 Å². The number of hydrogen-bond donors (Lipinski definition) is 12. The van der Waals surface area contributed by atoms with Gasteiger partial charge in [0, 0.05) is 81.2 Å². The normalized spacial score (nSPS) is 20.6. The molecule has 1 aliphatic rings. The Morgan fingerprint density at radius 2 is 1.44 bits per heavy atom. The molecule has 8 amide bonds. The van der Waals surface area contributed by atoms with Gasteiger partial charge in [0.2, 0.25) is 47.3 Å². The van der Waals surface area contributed by atoms with Crippen molar-refractivity contribution in [3.63, 3.8) is 0 Å². The zero-order valence-electron chi connectivity index (χ0n) is 40.6. The molecule has 0 unspecified atom stereocenters. The summed E-state index contributed by atoms with van der Waals surface area (Å²) in [5.74, 6) is -6.12. The van der Waals surface area contributed by atoms with E-state index in [1.807, 2.05) is 31.2 Å². The maximum atomic E-state index is 14.6. The minimum atomic E-state index is -1.46. The van der Waals surface area contributed by atoms with E-state index in [1.54, 1.807) is 6.20 Å². The predicted octanol–water partition coefficient (Wildman–Crippen LogP) is 0.0369. The largest absolute Gasteiger partial charge is 0.370 e. The molecule has 388 valence electrons. The number of nitrogens with zero attached hydrogens (tertiary/aromatic N) is 2. The summed E-state index contributed by atoms with van der Waals surface area (Å²) in [6.45, 7) is 3.65. The Labute approximate surface area is 416 Å². The monoisotopic (exact) mass is 999 g/mol. The van der Waals surface area contributed by atoms with Crippen LogP contribution in [-0.2, 0) is 57.6 Å². The minimum Gasteiger partial charge on any atom is -0.370 e. The van der Waals surface area contributed by atoms with E-state index >= 15 is 0 Å². The van der Waals surface area contributed by atoms with E-state index in [0.717, 1.165) is 16.5 Å². The van der Waals surface area contributed by atoms with Gasteiger partial charge in [0.05, 0.1) is 6.33 Å². The highest BCUT2D eigenvalue weighted by molar-refractivity contribution is 5.97. The molecule has 0 spiro atoms. The van der Waals surface area contributed by atoms with Gasteiger partial charge in [-0.05, 0) is 67.9 Å². The molecular formula is C49H67FN14O8. The number of hydrogen-bond acceptors (Lipinski definition) is 10. The van der Waals surface area contributed by atoms with Crippen molar-refractivity contribution < 1.29 is 42.7 Å². The lowest BCUT2D eigenvalue weighted by Gasteiger charge is -2.28. The van der Waals surface area contributed by atoms with Gasteiger partial charge >= 0.3 is 0 Å². The molecule has 23 heteroatoms. The Morgan fingerprint density at radius 3 is 2.12 bits per heavy atom. The highest BCUT2D eigenvalue weighted by atomic mass is 19.1. The van der Waals surface area contributed by atoms with Crippen molar-refractivity contribution in [2.24, 2.45) is 16.5 Å². The van der Waals surface area contributed by atoms with Crippen LogP contribution in [0.5, 0.6) is 0 Å². The van der Waals surface area contributed by atoms with Crippen molar-refractivity contribution in [3.8, 4) is 0 Å². The summed E-state index contributed by atoms with van der Waals surface area (Å²) in [6.07, 6.45) is 6.37. The third kappa shape index (κ3) is 17.8. The number of nitrogens with one attached hydrogen (secondary N) is 10. The summed E-state index contributed by atoms with van der Waals surface area (Å²) in [4.78, 5) is 125. The van der Waals surface area contributed by atoms with E-state index in [-0.39, 0.29) is 77.0 Å². The molecule has 1 aliphatic heterocycles. The van der Waals surface area contributed by atoms with Crippen LogP contribution in [0.2, 0.25) is 0 Å². The van der Waals surface area contributed by atoms with Gasteiger partial charge in [-0.25, -0.2) is 9.37 Å². The lowest BCUT2D eigenvalue weighted by atomic mass is 10.0. The van der Waals surface area contributed by atoms with E-state index < -0.39 is 89.3 Å². The van der Waals surface area contributed by atoms with E-state index in [1.165, 1.54) is 43.7 Å². The standard InChI is InChI=1S/C49H67FN14O8/c1-3-4-11-36(59-29(2)65)44(68)61-38-18-19-42(66)54-20-7-8-21-55-43(67)40(24-31-26-57-35-12-6-5-10-34(31)35)63-45(69)37(13-9-22-56-49(51)52)60-47(71)39(23-30-14-16-32(50)17-15-30)62-48(72)41(64-46(38)70)25-33-27-53-28-58-33/h5-6,10,12,14-17,26-28,36-41,57H,3-4,7-9,11,13,18-25H2,1-2H3,(H,53,58)(H,54,66)(H,55,67)(H,59,65)(H,60,71)(H,61,68)(H,62,72)(H,63,69)(H,64,70)(H4,51,52,56)/t36-,37-,38-,39+,40-,41-/m0/s1. The van der Waals surface area contributed by atoms with Crippen LogP contribution in [0.15, 0.2) is 72.2 Å². The van der Waals surface area contributed by atoms with Crippen molar-refractivity contribution >= 4 is 64.1 Å². The van der Waals surface area contributed by atoms with E-state index in [2.05, 4.69) is 62.5 Å². The number of guanidine groups is 1. The molecule has 4 aromatic rings. The SMILES string of the molecule is CCCC[C@H](NC(C)=O)C(=O)N[C@H]1CCC(=O)NCCCCNC(=O)[C@H](Cc2c[nH]c3ccccc23)NC(=O)[C@H](CCCN=C(N)N)NC(=O)[C@@H](Cc2ccc(F)cc2)NC(=O)[C@H](Cc2cnc[nH]2)NC1=O. The molecule has 0 radical (unpaired) electrons. The fourth-order valence-corrected chi connectivity index (χ4v) is 8.12. The maximum absolute atomic E-state index is 14.6. The number of unbranched alkanes of at least 4 members (excludes halogenated alkanes) is 1.